The summed E-state index contributed by atoms with van der Waals surface area (Å²) in [6, 6.07) is 70.9. The minimum Gasteiger partial charge on any atom is -0.0622 e. The molecule has 0 aliphatic carbocycles. The van der Waals surface area contributed by atoms with Gasteiger partial charge in [0, 0.05) is 0 Å². The van der Waals surface area contributed by atoms with Crippen molar-refractivity contribution in [3.05, 3.63) is 194 Å². The van der Waals surface area contributed by atoms with Crippen LogP contribution in [0.4, 0.5) is 0 Å². The quantitative estimate of drug-likeness (QED) is 0.171. The summed E-state index contributed by atoms with van der Waals surface area (Å²) in [6.07, 6.45) is 0. The van der Waals surface area contributed by atoms with Crippen molar-refractivity contribution in [2.24, 2.45) is 0 Å². The SMILES string of the molecule is c1ccc(-c2cccc(-c3c4ccc(-c5ccccc5)cc4c(-c4ccc5ccccc5c4)c4ccc(-c5ccccc5)cc34)c2)cc1. The van der Waals surface area contributed by atoms with Crippen LogP contribution in [0.5, 0.6) is 0 Å². The van der Waals surface area contributed by atoms with Gasteiger partial charge in [-0.1, -0.05) is 170 Å². The van der Waals surface area contributed by atoms with Gasteiger partial charge in [-0.3, -0.25) is 0 Å². The molecule has 0 aliphatic heterocycles. The number of hydrogen-bond acceptors (Lipinski definition) is 0. The molecular formula is C48H32. The van der Waals surface area contributed by atoms with Gasteiger partial charge in [0.1, 0.15) is 0 Å². The van der Waals surface area contributed by atoms with Crippen molar-refractivity contribution in [1.29, 1.82) is 0 Å². The molecule has 0 radical (unpaired) electrons. The fourth-order valence-electron chi connectivity index (χ4n) is 7.30. The Morgan fingerprint density at radius 1 is 0.188 bits per heavy atom. The molecule has 9 aromatic rings. The third kappa shape index (κ3) is 4.96. The van der Waals surface area contributed by atoms with Gasteiger partial charge < -0.3 is 0 Å². The lowest BCUT2D eigenvalue weighted by Gasteiger charge is -2.20. The van der Waals surface area contributed by atoms with Crippen LogP contribution in [0.15, 0.2) is 194 Å². The molecule has 0 saturated carbocycles. The van der Waals surface area contributed by atoms with Crippen molar-refractivity contribution in [1.82, 2.24) is 0 Å². The van der Waals surface area contributed by atoms with E-state index in [-0.39, 0.29) is 0 Å². The molecule has 0 atom stereocenters. The van der Waals surface area contributed by atoms with E-state index in [1.807, 2.05) is 0 Å². The van der Waals surface area contributed by atoms with E-state index in [4.69, 9.17) is 0 Å². The van der Waals surface area contributed by atoms with Crippen LogP contribution < -0.4 is 0 Å². The molecule has 48 heavy (non-hydrogen) atoms. The summed E-state index contributed by atoms with van der Waals surface area (Å²) >= 11 is 0. The highest BCUT2D eigenvalue weighted by atomic mass is 14.2. The minimum absolute atomic E-state index is 1.22. The Labute approximate surface area is 281 Å². The largest absolute Gasteiger partial charge is 0.0622 e. The van der Waals surface area contributed by atoms with Crippen LogP contribution in [0.2, 0.25) is 0 Å². The van der Waals surface area contributed by atoms with Gasteiger partial charge >= 0.3 is 0 Å². The van der Waals surface area contributed by atoms with E-state index in [1.165, 1.54) is 88.0 Å². The van der Waals surface area contributed by atoms with Gasteiger partial charge in [0.05, 0.1) is 0 Å². The van der Waals surface area contributed by atoms with Gasteiger partial charge in [0.25, 0.3) is 0 Å². The Morgan fingerprint density at radius 2 is 0.583 bits per heavy atom. The van der Waals surface area contributed by atoms with E-state index >= 15 is 0 Å². The molecule has 0 aromatic heterocycles. The normalized spacial score (nSPS) is 11.3. The molecule has 0 fully saturated rings. The first-order valence-electron chi connectivity index (χ1n) is 16.6. The topological polar surface area (TPSA) is 0 Å². The molecule has 0 heterocycles. The Balaban J connectivity index is 1.42. The molecule has 0 N–H and O–H groups in total. The summed E-state index contributed by atoms with van der Waals surface area (Å²) < 4.78 is 0. The van der Waals surface area contributed by atoms with Crippen LogP contribution in [-0.2, 0) is 0 Å². The second-order valence-electron chi connectivity index (χ2n) is 12.5. The smallest absolute Gasteiger partial charge is 0.00259 e. The highest BCUT2D eigenvalue weighted by molar-refractivity contribution is 6.23. The first-order valence-corrected chi connectivity index (χ1v) is 16.6. The highest BCUT2D eigenvalue weighted by Crippen LogP contribution is 2.46. The van der Waals surface area contributed by atoms with Crippen LogP contribution in [0, 0.1) is 0 Å². The third-order valence-electron chi connectivity index (χ3n) is 9.63. The van der Waals surface area contributed by atoms with Gasteiger partial charge in [-0.2, -0.15) is 0 Å². The standard InChI is InChI=1S/C48H32/c1-4-13-33(14-5-1)38-21-12-22-41(29-38)47-43-27-25-40(35-17-8-3-9-18-35)32-46(43)48(42-24-23-36-19-10-11-20-37(36)30-42)44-28-26-39(31-45(44)47)34-15-6-2-7-16-34/h1-32H. The van der Waals surface area contributed by atoms with Crippen molar-refractivity contribution in [2.75, 3.05) is 0 Å². The van der Waals surface area contributed by atoms with E-state index in [0.717, 1.165) is 0 Å². The maximum Gasteiger partial charge on any atom is -0.00259 e. The van der Waals surface area contributed by atoms with Crippen molar-refractivity contribution in [3.8, 4) is 55.6 Å². The molecule has 9 rings (SSSR count). The van der Waals surface area contributed by atoms with E-state index in [0.29, 0.717) is 0 Å². The van der Waals surface area contributed by atoms with E-state index < -0.39 is 0 Å². The van der Waals surface area contributed by atoms with E-state index in [2.05, 4.69) is 194 Å². The fraction of sp³-hybridized carbons (Fsp3) is 0. The third-order valence-corrected chi connectivity index (χ3v) is 9.63. The molecule has 0 saturated heterocycles. The number of hydrogen-bond donors (Lipinski definition) is 0. The summed E-state index contributed by atoms with van der Waals surface area (Å²) in [7, 11) is 0. The van der Waals surface area contributed by atoms with Crippen molar-refractivity contribution in [2.45, 2.75) is 0 Å². The zero-order valence-corrected chi connectivity index (χ0v) is 26.5. The lowest BCUT2D eigenvalue weighted by molar-refractivity contribution is 1.60. The first-order chi connectivity index (χ1) is 23.8. The first kappa shape index (κ1) is 28.0. The van der Waals surface area contributed by atoms with Crippen LogP contribution in [0.1, 0.15) is 0 Å². The van der Waals surface area contributed by atoms with Crippen LogP contribution in [0.25, 0.3) is 88.0 Å². The van der Waals surface area contributed by atoms with E-state index in [9.17, 15) is 0 Å². The second kappa shape index (κ2) is 11.8. The molecule has 0 unspecified atom stereocenters. The molecule has 0 heteroatoms. The van der Waals surface area contributed by atoms with Gasteiger partial charge in [-0.25, -0.2) is 0 Å². The summed E-state index contributed by atoms with van der Waals surface area (Å²) in [6.45, 7) is 0. The Bertz CT molecular complexity index is 2580. The number of benzene rings is 9. The summed E-state index contributed by atoms with van der Waals surface area (Å²) in [4.78, 5) is 0. The molecule has 0 aliphatic rings. The van der Waals surface area contributed by atoms with Gasteiger partial charge in [-0.15, -0.1) is 0 Å². The maximum absolute atomic E-state index is 2.41. The van der Waals surface area contributed by atoms with Crippen LogP contribution >= 0.6 is 0 Å². The fourth-order valence-corrected chi connectivity index (χ4v) is 7.30. The second-order valence-corrected chi connectivity index (χ2v) is 12.5. The van der Waals surface area contributed by atoms with Gasteiger partial charge in [0.2, 0.25) is 0 Å². The Kier molecular flexibility index (Phi) is 6.91. The van der Waals surface area contributed by atoms with Crippen molar-refractivity contribution < 1.29 is 0 Å². The maximum atomic E-state index is 2.41. The minimum atomic E-state index is 1.22. The predicted molar refractivity (Wildman–Crippen MR) is 206 cm³/mol. The summed E-state index contributed by atoms with van der Waals surface area (Å²) in [5, 5.41) is 7.51. The number of fused-ring (bicyclic) bond motifs is 3. The van der Waals surface area contributed by atoms with Crippen molar-refractivity contribution >= 4 is 32.3 Å². The zero-order chi connectivity index (χ0) is 31.9. The van der Waals surface area contributed by atoms with Gasteiger partial charge in [0.15, 0.2) is 0 Å². The highest BCUT2D eigenvalue weighted by Gasteiger charge is 2.19. The zero-order valence-electron chi connectivity index (χ0n) is 26.5. The lowest BCUT2D eigenvalue weighted by Crippen LogP contribution is -1.93. The molecule has 224 valence electrons. The molecular weight excluding hydrogens is 577 g/mol. The number of rotatable bonds is 5. The average molecular weight is 609 g/mol. The van der Waals surface area contributed by atoms with Crippen LogP contribution in [0.3, 0.4) is 0 Å². The van der Waals surface area contributed by atoms with Crippen molar-refractivity contribution in [3.63, 3.8) is 0 Å². The molecule has 9 aromatic carbocycles. The summed E-state index contributed by atoms with van der Waals surface area (Å²) in [5.74, 6) is 0. The molecule has 0 bridgehead atoms. The van der Waals surface area contributed by atoms with Crippen LogP contribution in [-0.4, -0.2) is 0 Å². The molecule has 0 nitrogen and oxygen atoms in total. The van der Waals surface area contributed by atoms with Gasteiger partial charge in [-0.05, 0) is 112 Å². The van der Waals surface area contributed by atoms with E-state index in [1.54, 1.807) is 0 Å². The molecule has 0 spiro atoms. The Morgan fingerprint density at radius 3 is 1.12 bits per heavy atom. The molecule has 0 amide bonds. The lowest BCUT2D eigenvalue weighted by atomic mass is 9.83. The summed E-state index contributed by atoms with van der Waals surface area (Å²) in [5.41, 5.74) is 12.3. The monoisotopic (exact) mass is 608 g/mol. The Hall–Kier alpha value is -6.24. The predicted octanol–water partition coefficient (Wildman–Crippen LogP) is 13.5. The average Bonchev–Trinajstić information content (AvgIpc) is 3.17.